The lowest BCUT2D eigenvalue weighted by atomic mass is 9.92. The zero-order chi connectivity index (χ0) is 18.3. The molecule has 3 fully saturated rings. The largest absolute Gasteiger partial charge is 0.491 e. The predicted octanol–water partition coefficient (Wildman–Crippen LogP) is 2.51. The summed E-state index contributed by atoms with van der Waals surface area (Å²) in [5, 5.41) is 0. The van der Waals surface area contributed by atoms with Crippen molar-refractivity contribution in [2.75, 3.05) is 38.2 Å². The van der Waals surface area contributed by atoms with E-state index in [4.69, 9.17) is 4.74 Å². The summed E-state index contributed by atoms with van der Waals surface area (Å²) in [6.45, 7) is 7.99. The zero-order valence-electron chi connectivity index (χ0n) is 16.1. The fourth-order valence-electron chi connectivity index (χ4n) is 4.89. The first-order valence-electron chi connectivity index (χ1n) is 10.0. The normalized spacial score (nSPS) is 30.7. The molecule has 2 aliphatic heterocycles. The van der Waals surface area contributed by atoms with Crippen LogP contribution in [0, 0.1) is 30.6 Å². The summed E-state index contributed by atoms with van der Waals surface area (Å²) in [6, 6.07) is 0. The van der Waals surface area contributed by atoms with Gasteiger partial charge in [-0.05, 0) is 43.9 Å². The van der Waals surface area contributed by atoms with Crippen molar-refractivity contribution in [3.63, 3.8) is 0 Å². The topological polar surface area (TPSA) is 58.6 Å². The van der Waals surface area contributed by atoms with Gasteiger partial charge in [-0.1, -0.05) is 13.3 Å². The third-order valence-corrected chi connectivity index (χ3v) is 6.66. The molecule has 1 aromatic rings. The number of carbonyl (C=O) groups is 1. The van der Waals surface area contributed by atoms with Gasteiger partial charge in [0, 0.05) is 32.1 Å². The van der Waals surface area contributed by atoms with Gasteiger partial charge in [-0.15, -0.1) is 0 Å². The lowest BCUT2D eigenvalue weighted by Crippen LogP contribution is -2.34. The van der Waals surface area contributed by atoms with E-state index in [0.29, 0.717) is 29.6 Å². The molecule has 1 aromatic heterocycles. The van der Waals surface area contributed by atoms with Gasteiger partial charge in [-0.25, -0.2) is 9.97 Å². The molecule has 6 heteroatoms. The zero-order valence-corrected chi connectivity index (χ0v) is 16.1. The first kappa shape index (κ1) is 17.6. The molecule has 1 amide bonds. The molecule has 4 atom stereocenters. The number of aryl methyl sites for hydroxylation is 1. The molecule has 2 unspecified atom stereocenters. The Bertz CT molecular complexity index is 664. The first-order chi connectivity index (χ1) is 12.6. The van der Waals surface area contributed by atoms with Crippen molar-refractivity contribution < 1.29 is 9.53 Å². The van der Waals surface area contributed by atoms with Gasteiger partial charge in [0.2, 0.25) is 5.91 Å². The minimum Gasteiger partial charge on any atom is -0.491 e. The molecule has 0 spiro atoms. The average Bonchev–Trinajstić information content (AvgIpc) is 3.38. The van der Waals surface area contributed by atoms with Gasteiger partial charge >= 0.3 is 0 Å². The second-order valence-corrected chi connectivity index (χ2v) is 8.15. The van der Waals surface area contributed by atoms with Crippen molar-refractivity contribution in [3.05, 3.63) is 12.0 Å². The fraction of sp³-hybridized carbons (Fsp3) is 0.750. The van der Waals surface area contributed by atoms with Crippen molar-refractivity contribution >= 4 is 11.7 Å². The molecule has 0 N–H and O–H groups in total. The van der Waals surface area contributed by atoms with Gasteiger partial charge in [-0.2, -0.15) is 0 Å². The first-order valence-corrected chi connectivity index (χ1v) is 10.0. The van der Waals surface area contributed by atoms with Crippen LogP contribution in [0.25, 0.3) is 0 Å². The molecule has 26 heavy (non-hydrogen) atoms. The van der Waals surface area contributed by atoms with Gasteiger partial charge in [0.1, 0.15) is 6.33 Å². The maximum absolute atomic E-state index is 12.7. The number of hydrogen-bond donors (Lipinski definition) is 0. The Morgan fingerprint density at radius 2 is 1.92 bits per heavy atom. The van der Waals surface area contributed by atoms with E-state index in [9.17, 15) is 4.79 Å². The van der Waals surface area contributed by atoms with Crippen molar-refractivity contribution in [3.8, 4) is 5.75 Å². The number of anilines is 1. The summed E-state index contributed by atoms with van der Waals surface area (Å²) in [5.74, 6) is 4.37. The number of hydrogen-bond acceptors (Lipinski definition) is 5. The minimum atomic E-state index is 0.322. The highest BCUT2D eigenvalue weighted by molar-refractivity contribution is 5.81. The number of ether oxygens (including phenoxy) is 1. The lowest BCUT2D eigenvalue weighted by molar-refractivity contribution is -0.132. The monoisotopic (exact) mass is 358 g/mol. The van der Waals surface area contributed by atoms with Gasteiger partial charge in [0.15, 0.2) is 11.6 Å². The van der Waals surface area contributed by atoms with Crippen LogP contribution in [0.2, 0.25) is 0 Å². The highest BCUT2D eigenvalue weighted by Gasteiger charge is 2.45. The van der Waals surface area contributed by atoms with Crippen LogP contribution >= 0.6 is 0 Å². The highest BCUT2D eigenvalue weighted by atomic mass is 16.5. The van der Waals surface area contributed by atoms with Crippen LogP contribution < -0.4 is 9.64 Å². The summed E-state index contributed by atoms with van der Waals surface area (Å²) in [5.41, 5.74) is 0.885. The SMILES string of the molecule is CCC1CC1C(=O)N1CC[C@@H]2CN(c3ncnc(C)c3OC)C[C@@H]2CC1. The van der Waals surface area contributed by atoms with Gasteiger partial charge in [0.25, 0.3) is 0 Å². The number of nitrogens with zero attached hydrogens (tertiary/aromatic N) is 4. The third-order valence-electron chi connectivity index (χ3n) is 6.66. The Balaban J connectivity index is 1.40. The second kappa shape index (κ2) is 7.05. The van der Waals surface area contributed by atoms with Crippen LogP contribution in [0.4, 0.5) is 5.82 Å². The number of fused-ring (bicyclic) bond motifs is 1. The van der Waals surface area contributed by atoms with Crippen LogP contribution in [-0.4, -0.2) is 54.1 Å². The molecule has 1 aliphatic carbocycles. The fourth-order valence-corrected chi connectivity index (χ4v) is 4.89. The molecule has 0 radical (unpaired) electrons. The van der Waals surface area contributed by atoms with Crippen molar-refractivity contribution in [2.45, 2.75) is 39.5 Å². The Morgan fingerprint density at radius 3 is 2.50 bits per heavy atom. The predicted molar refractivity (Wildman–Crippen MR) is 100 cm³/mol. The Labute approximate surface area is 155 Å². The molecule has 0 aromatic carbocycles. The summed E-state index contributed by atoms with van der Waals surface area (Å²) in [4.78, 5) is 25.9. The van der Waals surface area contributed by atoms with Gasteiger partial charge < -0.3 is 14.5 Å². The van der Waals surface area contributed by atoms with E-state index in [-0.39, 0.29) is 0 Å². The van der Waals surface area contributed by atoms with Crippen LogP contribution in [-0.2, 0) is 4.79 Å². The molecular formula is C20H30N4O2. The number of likely N-dealkylation sites (tertiary alicyclic amines) is 1. The molecule has 3 heterocycles. The molecule has 0 bridgehead atoms. The standard InChI is InChI=1S/C20H30N4O2/c1-4-14-9-17(14)20(25)23-7-5-15-10-24(11-16(15)6-8-23)19-18(26-3)13(2)21-12-22-19/h12,14-17H,4-11H2,1-3H3/t14?,15-,16+,17?. The number of amides is 1. The van der Waals surface area contributed by atoms with E-state index in [2.05, 4.69) is 26.7 Å². The Hall–Kier alpha value is -1.85. The number of rotatable bonds is 4. The van der Waals surface area contributed by atoms with E-state index >= 15 is 0 Å². The molecule has 2 saturated heterocycles. The second-order valence-electron chi connectivity index (χ2n) is 8.15. The summed E-state index contributed by atoms with van der Waals surface area (Å²) >= 11 is 0. The molecule has 3 aliphatic rings. The Kier molecular flexibility index (Phi) is 4.76. The molecule has 4 rings (SSSR count). The number of carbonyl (C=O) groups excluding carboxylic acids is 1. The summed E-state index contributed by atoms with van der Waals surface area (Å²) in [7, 11) is 1.69. The van der Waals surface area contributed by atoms with Gasteiger partial charge in [-0.3, -0.25) is 4.79 Å². The smallest absolute Gasteiger partial charge is 0.225 e. The Morgan fingerprint density at radius 1 is 1.23 bits per heavy atom. The highest BCUT2D eigenvalue weighted by Crippen LogP contribution is 2.43. The molecular weight excluding hydrogens is 328 g/mol. The molecule has 1 saturated carbocycles. The van der Waals surface area contributed by atoms with E-state index in [1.807, 2.05) is 6.92 Å². The van der Waals surface area contributed by atoms with Crippen molar-refractivity contribution in [1.82, 2.24) is 14.9 Å². The van der Waals surface area contributed by atoms with Gasteiger partial charge in [0.05, 0.1) is 12.8 Å². The van der Waals surface area contributed by atoms with E-state index in [0.717, 1.165) is 69.1 Å². The summed E-state index contributed by atoms with van der Waals surface area (Å²) < 4.78 is 5.55. The number of aromatic nitrogens is 2. The average molecular weight is 358 g/mol. The quantitative estimate of drug-likeness (QED) is 0.828. The van der Waals surface area contributed by atoms with E-state index < -0.39 is 0 Å². The van der Waals surface area contributed by atoms with Crippen LogP contribution in [0.5, 0.6) is 5.75 Å². The van der Waals surface area contributed by atoms with Crippen LogP contribution in [0.15, 0.2) is 6.33 Å². The van der Waals surface area contributed by atoms with E-state index in [1.54, 1.807) is 13.4 Å². The molecule has 142 valence electrons. The van der Waals surface area contributed by atoms with E-state index in [1.165, 1.54) is 0 Å². The van der Waals surface area contributed by atoms with Crippen molar-refractivity contribution in [1.29, 1.82) is 0 Å². The van der Waals surface area contributed by atoms with Crippen LogP contribution in [0.3, 0.4) is 0 Å². The number of methoxy groups -OCH3 is 1. The van der Waals surface area contributed by atoms with Crippen LogP contribution in [0.1, 0.15) is 38.3 Å². The summed E-state index contributed by atoms with van der Waals surface area (Å²) in [6.07, 6.45) is 6.08. The maximum Gasteiger partial charge on any atom is 0.225 e. The minimum absolute atomic E-state index is 0.322. The maximum atomic E-state index is 12.7. The third kappa shape index (κ3) is 3.14. The van der Waals surface area contributed by atoms with Crippen molar-refractivity contribution in [2.24, 2.45) is 23.7 Å². The molecule has 6 nitrogen and oxygen atoms in total. The lowest BCUT2D eigenvalue weighted by Gasteiger charge is -2.24.